The van der Waals surface area contributed by atoms with Gasteiger partial charge in [0.1, 0.15) is 0 Å². The van der Waals surface area contributed by atoms with E-state index >= 15 is 0 Å². The molecular weight excluding hydrogens is 330 g/mol. The SMILES string of the molecule is O=C(NCc1ccnc(N2CCOCC2)n1)Nc1ccc(Cl)cc1. The number of rotatable bonds is 4. The molecule has 0 radical (unpaired) electrons. The van der Waals surface area contributed by atoms with Crippen molar-refractivity contribution < 1.29 is 9.53 Å². The zero-order valence-corrected chi connectivity index (χ0v) is 13.8. The van der Waals surface area contributed by atoms with Crippen molar-refractivity contribution in [3.05, 3.63) is 47.2 Å². The zero-order chi connectivity index (χ0) is 16.8. The van der Waals surface area contributed by atoms with Gasteiger partial charge in [-0.3, -0.25) is 0 Å². The second-order valence-electron chi connectivity index (χ2n) is 5.26. The van der Waals surface area contributed by atoms with E-state index in [9.17, 15) is 4.79 Å². The average molecular weight is 348 g/mol. The fourth-order valence-electron chi connectivity index (χ4n) is 2.28. The van der Waals surface area contributed by atoms with Gasteiger partial charge >= 0.3 is 6.03 Å². The summed E-state index contributed by atoms with van der Waals surface area (Å²) in [5, 5.41) is 6.14. The molecule has 0 aliphatic carbocycles. The first kappa shape index (κ1) is 16.5. The van der Waals surface area contributed by atoms with Crippen LogP contribution in [0.2, 0.25) is 5.02 Å². The maximum atomic E-state index is 11.9. The van der Waals surface area contributed by atoms with E-state index in [1.807, 2.05) is 0 Å². The fourth-order valence-corrected chi connectivity index (χ4v) is 2.40. The molecule has 2 N–H and O–H groups in total. The number of ether oxygens (including phenoxy) is 1. The summed E-state index contributed by atoms with van der Waals surface area (Å²) >= 11 is 5.81. The Morgan fingerprint density at radius 3 is 2.71 bits per heavy atom. The highest BCUT2D eigenvalue weighted by Gasteiger charge is 2.14. The number of anilines is 2. The lowest BCUT2D eigenvalue weighted by Crippen LogP contribution is -2.37. The summed E-state index contributed by atoms with van der Waals surface area (Å²) in [6, 6.07) is 8.40. The molecule has 0 bridgehead atoms. The Kier molecular flexibility index (Phi) is 5.45. The van der Waals surface area contributed by atoms with Gasteiger partial charge < -0.3 is 20.3 Å². The first-order chi connectivity index (χ1) is 11.7. The van der Waals surface area contributed by atoms with Crippen LogP contribution in [0.3, 0.4) is 0 Å². The summed E-state index contributed by atoms with van der Waals surface area (Å²) in [5.74, 6) is 0.663. The van der Waals surface area contributed by atoms with Crippen LogP contribution in [0.5, 0.6) is 0 Å². The summed E-state index contributed by atoms with van der Waals surface area (Å²) in [4.78, 5) is 22.8. The lowest BCUT2D eigenvalue weighted by atomic mass is 10.3. The predicted octanol–water partition coefficient (Wildman–Crippen LogP) is 2.29. The number of halogens is 1. The number of morpholine rings is 1. The summed E-state index contributed by atoms with van der Waals surface area (Å²) in [6.45, 7) is 3.21. The number of hydrogen-bond acceptors (Lipinski definition) is 5. The van der Waals surface area contributed by atoms with Gasteiger partial charge in [-0.05, 0) is 30.3 Å². The molecule has 126 valence electrons. The average Bonchev–Trinajstić information content (AvgIpc) is 2.63. The van der Waals surface area contributed by atoms with E-state index in [1.165, 1.54) is 0 Å². The minimum Gasteiger partial charge on any atom is -0.378 e. The summed E-state index contributed by atoms with van der Waals surface area (Å²) in [7, 11) is 0. The molecule has 2 amide bonds. The molecule has 24 heavy (non-hydrogen) atoms. The third-order valence-electron chi connectivity index (χ3n) is 3.53. The Morgan fingerprint density at radius 2 is 1.96 bits per heavy atom. The quantitative estimate of drug-likeness (QED) is 0.887. The Morgan fingerprint density at radius 1 is 1.21 bits per heavy atom. The lowest BCUT2D eigenvalue weighted by Gasteiger charge is -2.26. The van der Waals surface area contributed by atoms with Crippen LogP contribution in [-0.2, 0) is 11.3 Å². The van der Waals surface area contributed by atoms with Crippen molar-refractivity contribution in [3.63, 3.8) is 0 Å². The van der Waals surface area contributed by atoms with Gasteiger partial charge in [-0.2, -0.15) is 0 Å². The number of amides is 2. The molecule has 1 aliphatic rings. The molecule has 0 spiro atoms. The molecule has 0 saturated carbocycles. The topological polar surface area (TPSA) is 79.4 Å². The molecule has 1 aliphatic heterocycles. The van der Waals surface area contributed by atoms with E-state index in [-0.39, 0.29) is 6.03 Å². The standard InChI is InChI=1S/C16H18ClN5O2/c17-12-1-3-13(4-2-12)21-16(23)19-11-14-5-6-18-15(20-14)22-7-9-24-10-8-22/h1-6H,7-11H2,(H2,19,21,23). The number of aromatic nitrogens is 2. The highest BCUT2D eigenvalue weighted by atomic mass is 35.5. The van der Waals surface area contributed by atoms with Gasteiger partial charge in [0.05, 0.1) is 25.5 Å². The van der Waals surface area contributed by atoms with Gasteiger partial charge in [0.25, 0.3) is 0 Å². The number of nitrogens with zero attached hydrogens (tertiary/aromatic N) is 3. The molecular formula is C16H18ClN5O2. The van der Waals surface area contributed by atoms with Crippen molar-refractivity contribution in [3.8, 4) is 0 Å². The summed E-state index contributed by atoms with van der Waals surface area (Å²) in [5.41, 5.74) is 1.42. The van der Waals surface area contributed by atoms with Crippen LogP contribution in [0.25, 0.3) is 0 Å². The van der Waals surface area contributed by atoms with Crippen LogP contribution >= 0.6 is 11.6 Å². The van der Waals surface area contributed by atoms with Gasteiger partial charge in [-0.1, -0.05) is 11.6 Å². The maximum Gasteiger partial charge on any atom is 0.319 e. The summed E-state index contributed by atoms with van der Waals surface area (Å²) in [6.07, 6.45) is 1.70. The normalized spacial score (nSPS) is 14.3. The van der Waals surface area contributed by atoms with Crippen LogP contribution in [0.4, 0.5) is 16.4 Å². The summed E-state index contributed by atoms with van der Waals surface area (Å²) < 4.78 is 5.32. The van der Waals surface area contributed by atoms with Crippen molar-refractivity contribution in [1.82, 2.24) is 15.3 Å². The van der Waals surface area contributed by atoms with Gasteiger partial charge in [0, 0.05) is 30.0 Å². The fraction of sp³-hybridized carbons (Fsp3) is 0.312. The minimum absolute atomic E-state index is 0.302. The second kappa shape index (κ2) is 7.94. The van der Waals surface area contributed by atoms with Crippen LogP contribution in [0.15, 0.2) is 36.5 Å². The minimum atomic E-state index is -0.302. The highest BCUT2D eigenvalue weighted by molar-refractivity contribution is 6.30. The molecule has 8 heteroatoms. The number of carbonyl (C=O) groups excluding carboxylic acids is 1. The number of benzene rings is 1. The molecule has 0 atom stereocenters. The van der Waals surface area contributed by atoms with E-state index < -0.39 is 0 Å². The third kappa shape index (κ3) is 4.56. The number of urea groups is 1. The Labute approximate surface area is 145 Å². The molecule has 2 aromatic rings. The number of nitrogens with one attached hydrogen (secondary N) is 2. The number of hydrogen-bond donors (Lipinski definition) is 2. The van der Waals surface area contributed by atoms with Crippen LogP contribution < -0.4 is 15.5 Å². The van der Waals surface area contributed by atoms with Crippen LogP contribution in [0, 0.1) is 0 Å². The predicted molar refractivity (Wildman–Crippen MR) is 92.4 cm³/mol. The first-order valence-electron chi connectivity index (χ1n) is 7.66. The molecule has 1 aromatic heterocycles. The van der Waals surface area contributed by atoms with Crippen molar-refractivity contribution >= 4 is 29.3 Å². The molecule has 7 nitrogen and oxygen atoms in total. The molecule has 1 aromatic carbocycles. The molecule has 0 unspecified atom stereocenters. The highest BCUT2D eigenvalue weighted by Crippen LogP contribution is 2.13. The Bertz CT molecular complexity index is 689. The van der Waals surface area contributed by atoms with Crippen molar-refractivity contribution in [1.29, 1.82) is 0 Å². The van der Waals surface area contributed by atoms with Gasteiger partial charge in [0.15, 0.2) is 0 Å². The van der Waals surface area contributed by atoms with E-state index in [0.717, 1.165) is 18.8 Å². The molecule has 3 rings (SSSR count). The monoisotopic (exact) mass is 347 g/mol. The van der Waals surface area contributed by atoms with Crippen molar-refractivity contribution in [2.75, 3.05) is 36.5 Å². The Balaban J connectivity index is 1.54. The van der Waals surface area contributed by atoms with Crippen LogP contribution in [-0.4, -0.2) is 42.3 Å². The van der Waals surface area contributed by atoms with Crippen LogP contribution in [0.1, 0.15) is 5.69 Å². The smallest absolute Gasteiger partial charge is 0.319 e. The Hall–Kier alpha value is -2.38. The lowest BCUT2D eigenvalue weighted by molar-refractivity contribution is 0.122. The van der Waals surface area contributed by atoms with Crippen molar-refractivity contribution in [2.45, 2.75) is 6.54 Å². The van der Waals surface area contributed by atoms with E-state index in [2.05, 4.69) is 25.5 Å². The van der Waals surface area contributed by atoms with Crippen molar-refractivity contribution in [2.24, 2.45) is 0 Å². The zero-order valence-electron chi connectivity index (χ0n) is 13.0. The van der Waals surface area contributed by atoms with E-state index in [0.29, 0.717) is 36.4 Å². The first-order valence-corrected chi connectivity index (χ1v) is 8.03. The van der Waals surface area contributed by atoms with Gasteiger partial charge in [-0.25, -0.2) is 14.8 Å². The second-order valence-corrected chi connectivity index (χ2v) is 5.70. The van der Waals surface area contributed by atoms with Gasteiger partial charge in [-0.15, -0.1) is 0 Å². The van der Waals surface area contributed by atoms with E-state index in [4.69, 9.17) is 16.3 Å². The van der Waals surface area contributed by atoms with E-state index in [1.54, 1.807) is 36.5 Å². The molecule has 1 fully saturated rings. The maximum absolute atomic E-state index is 11.9. The third-order valence-corrected chi connectivity index (χ3v) is 3.78. The number of carbonyl (C=O) groups is 1. The molecule has 1 saturated heterocycles. The van der Waals surface area contributed by atoms with Gasteiger partial charge in [0.2, 0.25) is 5.95 Å². The molecule has 2 heterocycles. The largest absolute Gasteiger partial charge is 0.378 e.